The summed E-state index contributed by atoms with van der Waals surface area (Å²) < 4.78 is 10.9. The van der Waals surface area contributed by atoms with Gasteiger partial charge in [0.25, 0.3) is 5.69 Å². The molecule has 0 saturated carbocycles. The van der Waals surface area contributed by atoms with E-state index in [2.05, 4.69) is 6.07 Å². The Morgan fingerprint density at radius 3 is 2.39 bits per heavy atom. The highest BCUT2D eigenvalue weighted by atomic mass is 16.6. The minimum absolute atomic E-state index is 0.00992. The Hall–Kier alpha value is -3.07. The van der Waals surface area contributed by atoms with E-state index in [0.717, 1.165) is 5.56 Å². The van der Waals surface area contributed by atoms with Crippen LogP contribution < -0.4 is 9.47 Å². The molecule has 118 valence electrons. The van der Waals surface area contributed by atoms with Gasteiger partial charge in [0.1, 0.15) is 0 Å². The van der Waals surface area contributed by atoms with Crippen molar-refractivity contribution < 1.29 is 14.4 Å². The summed E-state index contributed by atoms with van der Waals surface area (Å²) in [6.45, 7) is 0.343. The van der Waals surface area contributed by atoms with Gasteiger partial charge in [0.2, 0.25) is 0 Å². The monoisotopic (exact) mass is 312 g/mol. The van der Waals surface area contributed by atoms with Crippen LogP contribution in [0.3, 0.4) is 0 Å². The normalized spacial score (nSPS) is 11.3. The van der Waals surface area contributed by atoms with Gasteiger partial charge in [-0.2, -0.15) is 5.26 Å². The van der Waals surface area contributed by atoms with Crippen LogP contribution in [0.2, 0.25) is 0 Å². The SMILES string of the molecule is COc1ccccc1OCCC(C#N)c1ccc([N+](=O)[O-])cc1. The first-order chi connectivity index (χ1) is 11.2. The summed E-state index contributed by atoms with van der Waals surface area (Å²) >= 11 is 0. The zero-order chi connectivity index (χ0) is 16.7. The molecular formula is C17H16N2O4. The lowest BCUT2D eigenvalue weighted by atomic mass is 9.97. The number of non-ortho nitro benzene ring substituents is 1. The zero-order valence-corrected chi connectivity index (χ0v) is 12.6. The quantitative estimate of drug-likeness (QED) is 0.575. The van der Waals surface area contributed by atoms with Gasteiger partial charge in [-0.15, -0.1) is 0 Å². The molecule has 0 aliphatic heterocycles. The smallest absolute Gasteiger partial charge is 0.269 e. The Bertz CT molecular complexity index is 707. The highest BCUT2D eigenvalue weighted by molar-refractivity contribution is 5.39. The molecule has 6 heteroatoms. The van der Waals surface area contributed by atoms with Gasteiger partial charge in [0.05, 0.1) is 30.6 Å². The highest BCUT2D eigenvalue weighted by Crippen LogP contribution is 2.27. The van der Waals surface area contributed by atoms with Gasteiger partial charge in [-0.05, 0) is 17.7 Å². The fourth-order valence-electron chi connectivity index (χ4n) is 2.16. The van der Waals surface area contributed by atoms with Crippen LogP contribution in [0.15, 0.2) is 48.5 Å². The van der Waals surface area contributed by atoms with E-state index in [1.807, 2.05) is 12.1 Å². The number of nitro benzene ring substituents is 1. The van der Waals surface area contributed by atoms with Crippen molar-refractivity contribution in [2.75, 3.05) is 13.7 Å². The Morgan fingerprint density at radius 2 is 1.83 bits per heavy atom. The van der Waals surface area contributed by atoms with Gasteiger partial charge in [-0.3, -0.25) is 10.1 Å². The maximum Gasteiger partial charge on any atom is 0.269 e. The summed E-state index contributed by atoms with van der Waals surface area (Å²) in [4.78, 5) is 10.2. The van der Waals surface area contributed by atoms with E-state index in [4.69, 9.17) is 9.47 Å². The Labute approximate surface area is 134 Å². The van der Waals surface area contributed by atoms with E-state index in [9.17, 15) is 15.4 Å². The average molecular weight is 312 g/mol. The van der Waals surface area contributed by atoms with Crippen molar-refractivity contribution in [1.82, 2.24) is 0 Å². The molecule has 0 bridgehead atoms. The third-order valence-corrected chi connectivity index (χ3v) is 3.40. The number of benzene rings is 2. The van der Waals surface area contributed by atoms with Crippen molar-refractivity contribution in [2.24, 2.45) is 0 Å². The van der Waals surface area contributed by atoms with Crippen molar-refractivity contribution >= 4 is 5.69 Å². The zero-order valence-electron chi connectivity index (χ0n) is 12.6. The summed E-state index contributed by atoms with van der Waals surface area (Å²) in [6.07, 6.45) is 0.479. The summed E-state index contributed by atoms with van der Waals surface area (Å²) in [5.74, 6) is 0.872. The molecule has 2 rings (SSSR count). The predicted molar refractivity (Wildman–Crippen MR) is 84.6 cm³/mol. The summed E-state index contributed by atoms with van der Waals surface area (Å²) in [6, 6.07) is 15.5. The minimum Gasteiger partial charge on any atom is -0.493 e. The standard InChI is InChI=1S/C17H16N2O4/c1-22-16-4-2-3-5-17(16)23-11-10-14(12-18)13-6-8-15(9-7-13)19(20)21/h2-9,14H,10-11H2,1H3. The van der Waals surface area contributed by atoms with E-state index in [1.165, 1.54) is 12.1 Å². The van der Waals surface area contributed by atoms with Gasteiger partial charge in [-0.25, -0.2) is 0 Å². The Kier molecular flexibility index (Phi) is 5.53. The van der Waals surface area contributed by atoms with E-state index in [1.54, 1.807) is 31.4 Å². The van der Waals surface area contributed by atoms with Crippen LogP contribution in [0.25, 0.3) is 0 Å². The molecule has 1 unspecified atom stereocenters. The molecule has 0 aliphatic rings. The predicted octanol–water partition coefficient (Wildman–Crippen LogP) is 3.68. The van der Waals surface area contributed by atoms with E-state index in [-0.39, 0.29) is 11.6 Å². The lowest BCUT2D eigenvalue weighted by Gasteiger charge is -2.12. The van der Waals surface area contributed by atoms with Crippen molar-refractivity contribution in [3.63, 3.8) is 0 Å². The molecule has 2 aromatic rings. The highest BCUT2D eigenvalue weighted by Gasteiger charge is 2.13. The molecule has 0 heterocycles. The largest absolute Gasteiger partial charge is 0.493 e. The van der Waals surface area contributed by atoms with E-state index < -0.39 is 4.92 Å². The average Bonchev–Trinajstić information content (AvgIpc) is 2.59. The Balaban J connectivity index is 1.97. The molecule has 0 amide bonds. The van der Waals surface area contributed by atoms with Crippen LogP contribution in [0.5, 0.6) is 11.5 Å². The maximum absolute atomic E-state index is 10.6. The van der Waals surface area contributed by atoms with Gasteiger partial charge in [0, 0.05) is 18.6 Å². The Morgan fingerprint density at radius 1 is 1.17 bits per heavy atom. The van der Waals surface area contributed by atoms with E-state index >= 15 is 0 Å². The number of rotatable bonds is 7. The minimum atomic E-state index is -0.462. The number of methoxy groups -OCH3 is 1. The second-order valence-electron chi connectivity index (χ2n) is 4.82. The van der Waals surface area contributed by atoms with Crippen LogP contribution in [-0.2, 0) is 0 Å². The molecule has 0 aliphatic carbocycles. The van der Waals surface area contributed by atoms with Crippen molar-refractivity contribution in [3.8, 4) is 17.6 Å². The molecule has 23 heavy (non-hydrogen) atoms. The second kappa shape index (κ2) is 7.80. The molecule has 0 spiro atoms. The van der Waals surface area contributed by atoms with Gasteiger partial charge >= 0.3 is 0 Å². The maximum atomic E-state index is 10.6. The molecule has 0 aromatic heterocycles. The van der Waals surface area contributed by atoms with Crippen molar-refractivity contribution in [1.29, 1.82) is 5.26 Å². The summed E-state index contributed by atoms with van der Waals surface area (Å²) in [5, 5.41) is 19.9. The first-order valence-corrected chi connectivity index (χ1v) is 7.05. The molecule has 0 saturated heterocycles. The third-order valence-electron chi connectivity index (χ3n) is 3.40. The van der Waals surface area contributed by atoms with Gasteiger partial charge in [0.15, 0.2) is 11.5 Å². The first kappa shape index (κ1) is 16.3. The number of nitrogens with zero attached hydrogens (tertiary/aromatic N) is 2. The lowest BCUT2D eigenvalue weighted by molar-refractivity contribution is -0.384. The molecule has 0 N–H and O–H groups in total. The fraction of sp³-hybridized carbons (Fsp3) is 0.235. The molecule has 6 nitrogen and oxygen atoms in total. The van der Waals surface area contributed by atoms with Gasteiger partial charge in [-0.1, -0.05) is 24.3 Å². The topological polar surface area (TPSA) is 85.4 Å². The first-order valence-electron chi connectivity index (χ1n) is 7.05. The molecule has 2 aromatic carbocycles. The molecule has 1 atom stereocenters. The second-order valence-corrected chi connectivity index (χ2v) is 4.82. The number of nitriles is 1. The number of ether oxygens (including phenoxy) is 2. The van der Waals surface area contributed by atoms with Crippen LogP contribution in [0.4, 0.5) is 5.69 Å². The molecular weight excluding hydrogens is 296 g/mol. The van der Waals surface area contributed by atoms with E-state index in [0.29, 0.717) is 24.5 Å². The number of para-hydroxylation sites is 2. The summed E-state index contributed by atoms with van der Waals surface area (Å²) in [5.41, 5.74) is 0.748. The van der Waals surface area contributed by atoms with Crippen LogP contribution in [-0.4, -0.2) is 18.6 Å². The third kappa shape index (κ3) is 4.20. The van der Waals surface area contributed by atoms with Gasteiger partial charge < -0.3 is 9.47 Å². The lowest BCUT2D eigenvalue weighted by Crippen LogP contribution is -2.05. The van der Waals surface area contributed by atoms with Crippen LogP contribution in [0, 0.1) is 21.4 Å². The van der Waals surface area contributed by atoms with Crippen LogP contribution in [0.1, 0.15) is 17.9 Å². The molecule has 0 fully saturated rings. The fourth-order valence-corrected chi connectivity index (χ4v) is 2.16. The van der Waals surface area contributed by atoms with Crippen LogP contribution >= 0.6 is 0 Å². The van der Waals surface area contributed by atoms with Crippen molar-refractivity contribution in [2.45, 2.75) is 12.3 Å². The number of nitro groups is 1. The van der Waals surface area contributed by atoms with Crippen molar-refractivity contribution in [3.05, 3.63) is 64.2 Å². The number of hydrogen-bond donors (Lipinski definition) is 0. The summed E-state index contributed by atoms with van der Waals surface area (Å²) in [7, 11) is 1.57. The molecule has 0 radical (unpaired) electrons. The number of hydrogen-bond acceptors (Lipinski definition) is 5.